The molecule has 3 rings (SSSR count). The van der Waals surface area contributed by atoms with Crippen molar-refractivity contribution >= 4 is 28.4 Å². The first kappa shape index (κ1) is 15.2. The number of rotatable bonds is 3. The summed E-state index contributed by atoms with van der Waals surface area (Å²) in [6.45, 7) is 1.68. The number of halogens is 1. The molecule has 23 heavy (non-hydrogen) atoms. The molecular formula is C17H14ClN3O2. The molecule has 1 N–H and O–H groups in total. The van der Waals surface area contributed by atoms with E-state index in [2.05, 4.69) is 10.4 Å². The fourth-order valence-electron chi connectivity index (χ4n) is 2.33. The van der Waals surface area contributed by atoms with Crippen molar-refractivity contribution in [2.24, 2.45) is 0 Å². The number of carbonyl (C=O) groups is 1. The molecule has 5 nitrogen and oxygen atoms in total. The second-order valence-electron chi connectivity index (χ2n) is 5.15. The van der Waals surface area contributed by atoms with Crippen LogP contribution in [0.15, 0.2) is 53.3 Å². The number of fused-ring (bicyclic) bond motifs is 1. The predicted octanol–water partition coefficient (Wildman–Crippen LogP) is 2.67. The summed E-state index contributed by atoms with van der Waals surface area (Å²) in [5.41, 5.74) is 3.73. The van der Waals surface area contributed by atoms with E-state index in [1.165, 1.54) is 4.68 Å². The minimum Gasteiger partial charge on any atom is -0.273 e. The van der Waals surface area contributed by atoms with Crippen LogP contribution >= 0.6 is 11.6 Å². The molecule has 116 valence electrons. The number of aromatic nitrogens is 2. The van der Waals surface area contributed by atoms with E-state index in [0.29, 0.717) is 21.7 Å². The summed E-state index contributed by atoms with van der Waals surface area (Å²) in [5, 5.41) is 1.07. The maximum atomic E-state index is 12.5. The number of hydrogen-bond acceptors (Lipinski definition) is 3. The Kier molecular flexibility index (Phi) is 4.12. The number of hydrogen-bond donors (Lipinski definition) is 1. The molecule has 2 aromatic carbocycles. The highest BCUT2D eigenvalue weighted by Gasteiger charge is 2.11. The van der Waals surface area contributed by atoms with Crippen LogP contribution in [0.25, 0.3) is 10.9 Å². The van der Waals surface area contributed by atoms with Gasteiger partial charge in [0, 0.05) is 5.02 Å². The molecule has 1 amide bonds. The SMILES string of the molecule is Cc1nc2ccccc2c(=O)n1NC(=O)Cc1ccc(Cl)cc1. The summed E-state index contributed by atoms with van der Waals surface area (Å²) >= 11 is 5.82. The zero-order valence-corrected chi connectivity index (χ0v) is 13.2. The maximum absolute atomic E-state index is 12.5. The quantitative estimate of drug-likeness (QED) is 0.804. The fourth-order valence-corrected chi connectivity index (χ4v) is 2.45. The van der Waals surface area contributed by atoms with Gasteiger partial charge >= 0.3 is 0 Å². The highest BCUT2D eigenvalue weighted by atomic mass is 35.5. The van der Waals surface area contributed by atoms with Gasteiger partial charge in [-0.25, -0.2) is 9.66 Å². The molecule has 0 aliphatic heterocycles. The van der Waals surface area contributed by atoms with Crippen LogP contribution < -0.4 is 11.0 Å². The summed E-state index contributed by atoms with van der Waals surface area (Å²) in [6, 6.07) is 14.0. The van der Waals surface area contributed by atoms with Crippen molar-refractivity contribution in [3.05, 3.63) is 75.3 Å². The number of carbonyl (C=O) groups excluding carboxylic acids is 1. The number of aryl methyl sites for hydroxylation is 1. The zero-order valence-electron chi connectivity index (χ0n) is 12.4. The van der Waals surface area contributed by atoms with E-state index in [1.807, 2.05) is 6.07 Å². The van der Waals surface area contributed by atoms with Crippen molar-refractivity contribution in [3.63, 3.8) is 0 Å². The lowest BCUT2D eigenvalue weighted by molar-refractivity contribution is -0.116. The molecule has 0 aliphatic rings. The Morgan fingerprint density at radius 1 is 1.17 bits per heavy atom. The van der Waals surface area contributed by atoms with Gasteiger partial charge in [-0.3, -0.25) is 15.0 Å². The highest BCUT2D eigenvalue weighted by Crippen LogP contribution is 2.10. The minimum atomic E-state index is -0.297. The smallest absolute Gasteiger partial charge is 0.273 e. The van der Waals surface area contributed by atoms with Crippen molar-refractivity contribution < 1.29 is 4.79 Å². The molecule has 0 saturated carbocycles. The average molecular weight is 328 g/mol. The number of nitrogens with one attached hydrogen (secondary N) is 1. The van der Waals surface area contributed by atoms with Crippen LogP contribution in [0.5, 0.6) is 0 Å². The largest absolute Gasteiger partial charge is 0.280 e. The molecule has 1 heterocycles. The number of amides is 1. The lowest BCUT2D eigenvalue weighted by atomic mass is 10.1. The summed E-state index contributed by atoms with van der Waals surface area (Å²) in [4.78, 5) is 29.0. The van der Waals surface area contributed by atoms with Crippen LogP contribution in [-0.4, -0.2) is 15.6 Å². The van der Waals surface area contributed by atoms with E-state index in [-0.39, 0.29) is 17.9 Å². The van der Waals surface area contributed by atoms with Crippen molar-refractivity contribution in [2.45, 2.75) is 13.3 Å². The van der Waals surface area contributed by atoms with E-state index >= 15 is 0 Å². The first-order chi connectivity index (χ1) is 11.0. The van der Waals surface area contributed by atoms with Gasteiger partial charge in [0.2, 0.25) is 5.91 Å². The molecule has 0 atom stereocenters. The van der Waals surface area contributed by atoms with Crippen molar-refractivity contribution in [1.29, 1.82) is 0 Å². The normalized spacial score (nSPS) is 10.7. The Hall–Kier alpha value is -2.66. The summed E-state index contributed by atoms with van der Waals surface area (Å²) < 4.78 is 1.18. The number of benzene rings is 2. The van der Waals surface area contributed by atoms with Crippen molar-refractivity contribution in [3.8, 4) is 0 Å². The average Bonchev–Trinajstić information content (AvgIpc) is 2.54. The van der Waals surface area contributed by atoms with Crippen LogP contribution in [0.4, 0.5) is 0 Å². The summed E-state index contributed by atoms with van der Waals surface area (Å²) in [6.07, 6.45) is 0.149. The zero-order chi connectivity index (χ0) is 16.4. The Morgan fingerprint density at radius 3 is 2.61 bits per heavy atom. The van der Waals surface area contributed by atoms with Gasteiger partial charge in [-0.15, -0.1) is 0 Å². The molecular weight excluding hydrogens is 314 g/mol. The van der Waals surface area contributed by atoms with Gasteiger partial charge < -0.3 is 0 Å². The molecule has 1 aromatic heterocycles. The van der Waals surface area contributed by atoms with Gasteiger partial charge in [0.05, 0.1) is 17.3 Å². The highest BCUT2D eigenvalue weighted by molar-refractivity contribution is 6.30. The lowest BCUT2D eigenvalue weighted by Crippen LogP contribution is -2.36. The first-order valence-corrected chi connectivity index (χ1v) is 7.45. The first-order valence-electron chi connectivity index (χ1n) is 7.07. The standard InChI is InChI=1S/C17H14ClN3O2/c1-11-19-15-5-3-2-4-14(15)17(23)21(11)20-16(22)10-12-6-8-13(18)9-7-12/h2-9H,10H2,1H3,(H,20,22). The summed E-state index contributed by atoms with van der Waals surface area (Å²) in [5.74, 6) is 0.132. The van der Waals surface area contributed by atoms with E-state index in [0.717, 1.165) is 5.56 Å². The Labute approximate surface area is 137 Å². The van der Waals surface area contributed by atoms with Gasteiger partial charge in [-0.2, -0.15) is 0 Å². The summed E-state index contributed by atoms with van der Waals surface area (Å²) in [7, 11) is 0. The Balaban J connectivity index is 1.87. The van der Waals surface area contributed by atoms with Crippen LogP contribution in [-0.2, 0) is 11.2 Å². The van der Waals surface area contributed by atoms with Crippen LogP contribution in [0, 0.1) is 6.92 Å². The third-order valence-electron chi connectivity index (χ3n) is 3.46. The Morgan fingerprint density at radius 2 is 1.87 bits per heavy atom. The van der Waals surface area contributed by atoms with E-state index in [4.69, 9.17) is 11.6 Å². The lowest BCUT2D eigenvalue weighted by Gasteiger charge is -2.12. The fraction of sp³-hybridized carbons (Fsp3) is 0.118. The van der Waals surface area contributed by atoms with Gasteiger partial charge in [-0.05, 0) is 36.8 Å². The van der Waals surface area contributed by atoms with E-state index < -0.39 is 0 Å². The van der Waals surface area contributed by atoms with Crippen LogP contribution in [0.1, 0.15) is 11.4 Å². The molecule has 0 spiro atoms. The molecule has 0 fully saturated rings. The number of nitrogens with zero attached hydrogens (tertiary/aromatic N) is 2. The topological polar surface area (TPSA) is 64.0 Å². The second-order valence-corrected chi connectivity index (χ2v) is 5.59. The minimum absolute atomic E-state index is 0.149. The van der Waals surface area contributed by atoms with Gasteiger partial charge in [0.15, 0.2) is 0 Å². The third kappa shape index (κ3) is 3.24. The maximum Gasteiger partial charge on any atom is 0.280 e. The molecule has 3 aromatic rings. The second kappa shape index (κ2) is 6.22. The van der Waals surface area contributed by atoms with Crippen molar-refractivity contribution in [2.75, 3.05) is 5.43 Å². The molecule has 0 radical (unpaired) electrons. The van der Waals surface area contributed by atoms with Gasteiger partial charge in [0.1, 0.15) is 5.82 Å². The van der Waals surface area contributed by atoms with Crippen LogP contribution in [0.2, 0.25) is 5.02 Å². The van der Waals surface area contributed by atoms with Gasteiger partial charge in [-0.1, -0.05) is 35.9 Å². The van der Waals surface area contributed by atoms with E-state index in [9.17, 15) is 9.59 Å². The molecule has 0 bridgehead atoms. The van der Waals surface area contributed by atoms with Crippen LogP contribution in [0.3, 0.4) is 0 Å². The Bertz CT molecular complexity index is 933. The van der Waals surface area contributed by atoms with Crippen molar-refractivity contribution in [1.82, 2.24) is 9.66 Å². The third-order valence-corrected chi connectivity index (χ3v) is 3.71. The molecule has 0 saturated heterocycles. The number of para-hydroxylation sites is 1. The van der Waals surface area contributed by atoms with E-state index in [1.54, 1.807) is 49.4 Å². The predicted molar refractivity (Wildman–Crippen MR) is 90.3 cm³/mol. The molecule has 0 aliphatic carbocycles. The van der Waals surface area contributed by atoms with Gasteiger partial charge in [0.25, 0.3) is 5.56 Å². The molecule has 6 heteroatoms. The monoisotopic (exact) mass is 327 g/mol. The molecule has 0 unspecified atom stereocenters.